The van der Waals surface area contributed by atoms with Crippen molar-refractivity contribution in [2.75, 3.05) is 18.4 Å². The van der Waals surface area contributed by atoms with E-state index >= 15 is 0 Å². The number of benzene rings is 1. The van der Waals surface area contributed by atoms with E-state index in [9.17, 15) is 27.6 Å². The molecule has 0 saturated carbocycles. The minimum absolute atomic E-state index is 0.0305. The predicted molar refractivity (Wildman–Crippen MR) is 110 cm³/mol. The van der Waals surface area contributed by atoms with Crippen LogP contribution in [0, 0.1) is 0 Å². The summed E-state index contributed by atoms with van der Waals surface area (Å²) >= 11 is 0. The number of amides is 2. The first kappa shape index (κ1) is 22.3. The first-order valence-corrected chi connectivity index (χ1v) is 9.84. The third-order valence-electron chi connectivity index (χ3n) is 5.00. The molecule has 6 nitrogen and oxygen atoms in total. The van der Waals surface area contributed by atoms with Gasteiger partial charge in [0.15, 0.2) is 0 Å². The van der Waals surface area contributed by atoms with Crippen molar-refractivity contribution in [3.63, 3.8) is 0 Å². The Labute approximate surface area is 176 Å². The van der Waals surface area contributed by atoms with Gasteiger partial charge in [-0.3, -0.25) is 14.4 Å². The number of aromatic nitrogens is 1. The van der Waals surface area contributed by atoms with Gasteiger partial charge in [-0.2, -0.15) is 13.2 Å². The van der Waals surface area contributed by atoms with Gasteiger partial charge in [-0.1, -0.05) is 23.8 Å². The van der Waals surface area contributed by atoms with Crippen LogP contribution in [0.1, 0.15) is 36.8 Å². The molecule has 2 N–H and O–H groups in total. The summed E-state index contributed by atoms with van der Waals surface area (Å²) in [6.45, 7) is 1.01. The number of anilines is 1. The van der Waals surface area contributed by atoms with Crippen molar-refractivity contribution in [1.82, 2.24) is 9.88 Å². The van der Waals surface area contributed by atoms with Crippen molar-refractivity contribution in [2.45, 2.75) is 31.9 Å². The maximum atomic E-state index is 12.6. The number of aromatic amines is 1. The van der Waals surface area contributed by atoms with Crippen molar-refractivity contribution in [3.8, 4) is 0 Å². The molecule has 2 heterocycles. The average Bonchev–Trinajstić information content (AvgIpc) is 2.74. The van der Waals surface area contributed by atoms with Crippen molar-refractivity contribution in [3.05, 3.63) is 69.6 Å². The van der Waals surface area contributed by atoms with Gasteiger partial charge in [0.1, 0.15) is 0 Å². The van der Waals surface area contributed by atoms with Gasteiger partial charge >= 0.3 is 6.18 Å². The first-order valence-electron chi connectivity index (χ1n) is 9.84. The number of carbonyl (C=O) groups excluding carboxylic acids is 2. The molecule has 1 aliphatic rings. The molecule has 0 unspecified atom stereocenters. The minimum atomic E-state index is -4.35. The number of piperidine rings is 1. The highest BCUT2D eigenvalue weighted by Gasteiger charge is 2.29. The van der Waals surface area contributed by atoms with E-state index < -0.39 is 11.7 Å². The number of carbonyl (C=O) groups is 2. The van der Waals surface area contributed by atoms with E-state index in [4.69, 9.17) is 0 Å². The third kappa shape index (κ3) is 6.56. The lowest BCUT2D eigenvalue weighted by atomic mass is 10.00. The highest BCUT2D eigenvalue weighted by molar-refractivity contribution is 5.93. The zero-order chi connectivity index (χ0) is 22.4. The zero-order valence-corrected chi connectivity index (χ0v) is 16.7. The lowest BCUT2D eigenvalue weighted by Gasteiger charge is -2.28. The molecule has 2 amide bonds. The largest absolute Gasteiger partial charge is 0.416 e. The summed E-state index contributed by atoms with van der Waals surface area (Å²) in [6, 6.07) is 7.77. The van der Waals surface area contributed by atoms with Crippen molar-refractivity contribution in [1.29, 1.82) is 0 Å². The van der Waals surface area contributed by atoms with Gasteiger partial charge < -0.3 is 15.2 Å². The first-order chi connectivity index (χ1) is 14.7. The van der Waals surface area contributed by atoms with Gasteiger partial charge in [0.05, 0.1) is 11.3 Å². The molecule has 1 saturated heterocycles. The smallest absolute Gasteiger partial charge is 0.342 e. The molecule has 1 aromatic carbocycles. The summed E-state index contributed by atoms with van der Waals surface area (Å²) in [5, 5.41) is 2.62. The minimum Gasteiger partial charge on any atom is -0.342 e. The molecule has 0 radical (unpaired) electrons. The number of likely N-dealkylation sites (tertiary alicyclic amines) is 1. The number of alkyl halides is 3. The summed E-state index contributed by atoms with van der Waals surface area (Å²) in [4.78, 5) is 39.5. The summed E-state index contributed by atoms with van der Waals surface area (Å²) < 4.78 is 37.9. The van der Waals surface area contributed by atoms with Crippen LogP contribution in [-0.4, -0.2) is 34.8 Å². The Morgan fingerprint density at radius 2 is 1.71 bits per heavy atom. The van der Waals surface area contributed by atoms with Gasteiger partial charge in [0.2, 0.25) is 17.4 Å². The lowest BCUT2D eigenvalue weighted by molar-refractivity contribution is -0.137. The number of pyridine rings is 1. The average molecular weight is 433 g/mol. The van der Waals surface area contributed by atoms with E-state index in [1.165, 1.54) is 30.5 Å². The van der Waals surface area contributed by atoms with E-state index in [0.29, 0.717) is 37.2 Å². The SMILES string of the molecule is O=C(CCC(=O)N1CCC(=Cc2ccc(C(F)(F)F)cc2)CC1)Nc1ccc(=O)[nH]c1. The van der Waals surface area contributed by atoms with Crippen LogP contribution in [0.5, 0.6) is 0 Å². The molecule has 3 rings (SSSR count). The molecule has 0 spiro atoms. The normalized spacial score (nSPS) is 14.3. The van der Waals surface area contributed by atoms with Crippen LogP contribution in [0.4, 0.5) is 18.9 Å². The van der Waals surface area contributed by atoms with E-state index in [1.807, 2.05) is 6.08 Å². The number of hydrogen-bond donors (Lipinski definition) is 2. The van der Waals surface area contributed by atoms with Gasteiger partial charge in [0, 0.05) is 38.2 Å². The van der Waals surface area contributed by atoms with Crippen LogP contribution in [-0.2, 0) is 15.8 Å². The molecule has 0 atom stereocenters. The fourth-order valence-corrected chi connectivity index (χ4v) is 3.28. The topological polar surface area (TPSA) is 82.3 Å². The molecular weight excluding hydrogens is 411 g/mol. The monoisotopic (exact) mass is 433 g/mol. The molecule has 1 fully saturated rings. The predicted octanol–water partition coefficient (Wildman–Crippen LogP) is 3.82. The highest BCUT2D eigenvalue weighted by Crippen LogP contribution is 2.29. The van der Waals surface area contributed by atoms with Crippen molar-refractivity contribution < 1.29 is 22.8 Å². The van der Waals surface area contributed by atoms with E-state index in [0.717, 1.165) is 17.7 Å². The second-order valence-corrected chi connectivity index (χ2v) is 7.29. The maximum absolute atomic E-state index is 12.6. The fourth-order valence-electron chi connectivity index (χ4n) is 3.28. The summed E-state index contributed by atoms with van der Waals surface area (Å²) in [6.07, 6.45) is 0.271. The Hall–Kier alpha value is -3.36. The third-order valence-corrected chi connectivity index (χ3v) is 5.00. The van der Waals surface area contributed by atoms with Crippen LogP contribution in [0.25, 0.3) is 6.08 Å². The standard InChI is InChI=1S/C22H22F3N3O3/c23-22(24,25)17-3-1-15(2-4-17)13-16-9-11-28(12-10-16)21(31)8-7-20(30)27-18-5-6-19(29)26-14-18/h1-6,13-14H,7-12H2,(H,26,29)(H,27,30). The van der Waals surface area contributed by atoms with Crippen LogP contribution < -0.4 is 10.9 Å². The van der Waals surface area contributed by atoms with Crippen molar-refractivity contribution >= 4 is 23.6 Å². The fraction of sp³-hybridized carbons (Fsp3) is 0.318. The van der Waals surface area contributed by atoms with Crippen molar-refractivity contribution in [2.24, 2.45) is 0 Å². The second-order valence-electron chi connectivity index (χ2n) is 7.29. The Kier molecular flexibility index (Phi) is 6.94. The van der Waals surface area contributed by atoms with Crippen LogP contribution in [0.3, 0.4) is 0 Å². The number of rotatable bonds is 5. The quantitative estimate of drug-likeness (QED) is 0.752. The number of halogens is 3. The lowest BCUT2D eigenvalue weighted by Crippen LogP contribution is -2.36. The molecule has 31 heavy (non-hydrogen) atoms. The zero-order valence-electron chi connectivity index (χ0n) is 16.7. The van der Waals surface area contributed by atoms with Crippen LogP contribution in [0.15, 0.2) is 53.0 Å². The molecule has 1 aliphatic heterocycles. The Balaban J connectivity index is 1.45. The number of nitrogens with zero attached hydrogens (tertiary/aromatic N) is 1. The van der Waals surface area contributed by atoms with Gasteiger partial charge in [-0.05, 0) is 36.6 Å². The maximum Gasteiger partial charge on any atom is 0.416 e. The van der Waals surface area contributed by atoms with Crippen LogP contribution in [0.2, 0.25) is 0 Å². The van der Waals surface area contributed by atoms with Gasteiger partial charge in [0.25, 0.3) is 0 Å². The highest BCUT2D eigenvalue weighted by atomic mass is 19.4. The number of nitrogens with one attached hydrogen (secondary N) is 2. The molecular formula is C22H22F3N3O3. The Morgan fingerprint density at radius 1 is 1.03 bits per heavy atom. The van der Waals surface area contributed by atoms with E-state index in [-0.39, 0.29) is 30.2 Å². The molecule has 0 aliphatic carbocycles. The molecule has 1 aromatic heterocycles. The Morgan fingerprint density at radius 3 is 2.29 bits per heavy atom. The van der Waals surface area contributed by atoms with E-state index in [1.54, 1.807) is 4.90 Å². The summed E-state index contributed by atoms with van der Waals surface area (Å²) in [7, 11) is 0. The van der Waals surface area contributed by atoms with E-state index in [2.05, 4.69) is 10.3 Å². The molecule has 0 bridgehead atoms. The van der Waals surface area contributed by atoms with Gasteiger partial charge in [-0.25, -0.2) is 0 Å². The number of hydrogen-bond acceptors (Lipinski definition) is 3. The number of H-pyrrole nitrogens is 1. The molecule has 9 heteroatoms. The molecule has 2 aromatic rings. The Bertz CT molecular complexity index is 996. The molecule has 164 valence electrons. The second kappa shape index (κ2) is 9.63. The van der Waals surface area contributed by atoms with Crippen LogP contribution >= 0.6 is 0 Å². The van der Waals surface area contributed by atoms with Gasteiger partial charge in [-0.15, -0.1) is 0 Å². The summed E-state index contributed by atoms with van der Waals surface area (Å²) in [5.74, 6) is -0.439. The summed E-state index contributed by atoms with van der Waals surface area (Å²) in [5.41, 5.74) is 1.26.